The summed E-state index contributed by atoms with van der Waals surface area (Å²) >= 11 is 0. The van der Waals surface area contributed by atoms with Crippen molar-refractivity contribution in [1.82, 2.24) is 4.98 Å². The summed E-state index contributed by atoms with van der Waals surface area (Å²) in [6, 6.07) is 11.8. The molecule has 2 aromatic rings. The normalized spacial score (nSPS) is 17.6. The number of amides is 1. The van der Waals surface area contributed by atoms with Crippen LogP contribution in [0.4, 0.5) is 5.82 Å². The van der Waals surface area contributed by atoms with Crippen LogP contribution in [0.2, 0.25) is 0 Å². The number of carbonyl (C=O) groups excluding carboxylic acids is 1. The second kappa shape index (κ2) is 4.14. The van der Waals surface area contributed by atoms with E-state index in [0.29, 0.717) is 11.6 Å². The quantitative estimate of drug-likeness (QED) is 0.833. The zero-order valence-corrected chi connectivity index (χ0v) is 9.88. The van der Waals surface area contributed by atoms with Gasteiger partial charge < -0.3 is 10.1 Å². The largest absolute Gasteiger partial charge is 0.477 e. The van der Waals surface area contributed by atoms with Crippen LogP contribution >= 0.6 is 0 Å². The highest BCUT2D eigenvalue weighted by Gasteiger charge is 2.24. The van der Waals surface area contributed by atoms with Crippen molar-refractivity contribution < 1.29 is 9.53 Å². The minimum absolute atomic E-state index is 0.164. The summed E-state index contributed by atoms with van der Waals surface area (Å²) in [5.41, 5.74) is 2.04. The van der Waals surface area contributed by atoms with Crippen molar-refractivity contribution in [3.63, 3.8) is 0 Å². The van der Waals surface area contributed by atoms with Crippen LogP contribution in [0.25, 0.3) is 11.1 Å². The van der Waals surface area contributed by atoms with Crippen molar-refractivity contribution in [2.45, 2.75) is 13.0 Å². The number of rotatable bonds is 1. The Balaban J connectivity index is 2.02. The number of anilines is 1. The van der Waals surface area contributed by atoms with Crippen molar-refractivity contribution >= 4 is 11.7 Å². The molecule has 1 aromatic carbocycles. The van der Waals surface area contributed by atoms with Gasteiger partial charge in [-0.25, -0.2) is 4.98 Å². The molecule has 0 bridgehead atoms. The van der Waals surface area contributed by atoms with Crippen molar-refractivity contribution in [3.05, 3.63) is 42.6 Å². The molecular formula is C14H12N2O2. The minimum Gasteiger partial charge on any atom is -0.477 e. The average Bonchev–Trinajstić information content (AvgIpc) is 2.41. The van der Waals surface area contributed by atoms with Gasteiger partial charge in [0.25, 0.3) is 5.91 Å². The summed E-state index contributed by atoms with van der Waals surface area (Å²) in [7, 11) is 0. The molecule has 1 aromatic heterocycles. The molecule has 3 rings (SSSR count). The van der Waals surface area contributed by atoms with Crippen LogP contribution in [-0.4, -0.2) is 17.0 Å². The van der Waals surface area contributed by atoms with Crippen LogP contribution in [0.5, 0.6) is 5.75 Å². The van der Waals surface area contributed by atoms with Gasteiger partial charge in [-0.3, -0.25) is 4.79 Å². The first-order valence-corrected chi connectivity index (χ1v) is 5.77. The number of carbonyl (C=O) groups is 1. The highest BCUT2D eigenvalue weighted by Crippen LogP contribution is 2.31. The summed E-state index contributed by atoms with van der Waals surface area (Å²) in [4.78, 5) is 15.7. The molecule has 1 unspecified atom stereocenters. The van der Waals surface area contributed by atoms with Gasteiger partial charge in [-0.1, -0.05) is 30.3 Å². The number of pyridine rings is 1. The van der Waals surface area contributed by atoms with Gasteiger partial charge in [-0.15, -0.1) is 0 Å². The Labute approximate surface area is 105 Å². The second-order valence-electron chi connectivity index (χ2n) is 4.19. The van der Waals surface area contributed by atoms with Crippen LogP contribution in [0.1, 0.15) is 6.92 Å². The van der Waals surface area contributed by atoms with E-state index in [-0.39, 0.29) is 5.91 Å². The van der Waals surface area contributed by atoms with Gasteiger partial charge >= 0.3 is 0 Å². The Morgan fingerprint density at radius 1 is 1.22 bits per heavy atom. The van der Waals surface area contributed by atoms with Gasteiger partial charge in [0.1, 0.15) is 0 Å². The molecule has 18 heavy (non-hydrogen) atoms. The molecule has 0 spiro atoms. The number of nitrogens with zero attached hydrogens (tertiary/aromatic N) is 1. The summed E-state index contributed by atoms with van der Waals surface area (Å²) in [6.07, 6.45) is 1.25. The van der Waals surface area contributed by atoms with Crippen LogP contribution in [-0.2, 0) is 4.79 Å². The Kier molecular flexibility index (Phi) is 2.48. The SMILES string of the molecule is CC1Oc2cc(-c3ccccc3)cnc2NC1=O. The molecule has 0 saturated carbocycles. The van der Waals surface area contributed by atoms with Crippen LogP contribution in [0, 0.1) is 0 Å². The highest BCUT2D eigenvalue weighted by molar-refractivity contribution is 5.96. The Hall–Kier alpha value is -2.36. The van der Waals surface area contributed by atoms with E-state index in [1.54, 1.807) is 13.1 Å². The third-order valence-electron chi connectivity index (χ3n) is 2.87. The molecule has 4 heteroatoms. The zero-order chi connectivity index (χ0) is 12.5. The van der Waals surface area contributed by atoms with E-state index in [2.05, 4.69) is 10.3 Å². The van der Waals surface area contributed by atoms with Crippen molar-refractivity contribution in [2.24, 2.45) is 0 Å². The molecule has 90 valence electrons. The third-order valence-corrected chi connectivity index (χ3v) is 2.87. The Morgan fingerprint density at radius 2 is 2.00 bits per heavy atom. The lowest BCUT2D eigenvalue weighted by atomic mass is 10.1. The average molecular weight is 240 g/mol. The standard InChI is InChI=1S/C14H12N2O2/c1-9-14(17)16-13-12(18-9)7-11(8-15-13)10-5-3-2-4-6-10/h2-9H,1H3,(H,15,16,17). The fourth-order valence-corrected chi connectivity index (χ4v) is 1.88. The number of hydrogen-bond acceptors (Lipinski definition) is 3. The number of ether oxygens (including phenoxy) is 1. The molecule has 0 fully saturated rings. The maximum atomic E-state index is 11.4. The molecule has 1 N–H and O–H groups in total. The number of aromatic nitrogens is 1. The first kappa shape index (κ1) is 10.8. The van der Waals surface area contributed by atoms with E-state index >= 15 is 0 Å². The van der Waals surface area contributed by atoms with Crippen molar-refractivity contribution in [1.29, 1.82) is 0 Å². The maximum absolute atomic E-state index is 11.4. The maximum Gasteiger partial charge on any atom is 0.266 e. The lowest BCUT2D eigenvalue weighted by Gasteiger charge is -2.22. The van der Waals surface area contributed by atoms with Gasteiger partial charge in [0, 0.05) is 11.8 Å². The number of benzene rings is 1. The topological polar surface area (TPSA) is 51.2 Å². The highest BCUT2D eigenvalue weighted by atomic mass is 16.5. The number of fused-ring (bicyclic) bond motifs is 1. The van der Waals surface area contributed by atoms with Crippen LogP contribution in [0.3, 0.4) is 0 Å². The van der Waals surface area contributed by atoms with Gasteiger partial charge in [-0.05, 0) is 18.6 Å². The van der Waals surface area contributed by atoms with Gasteiger partial charge in [-0.2, -0.15) is 0 Å². The first-order valence-electron chi connectivity index (χ1n) is 5.77. The van der Waals surface area contributed by atoms with Crippen LogP contribution < -0.4 is 10.1 Å². The van der Waals surface area contributed by atoms with Crippen molar-refractivity contribution in [3.8, 4) is 16.9 Å². The molecule has 1 atom stereocenters. The fraction of sp³-hybridized carbons (Fsp3) is 0.143. The van der Waals surface area contributed by atoms with E-state index in [1.165, 1.54) is 0 Å². The van der Waals surface area contributed by atoms with Crippen LogP contribution in [0.15, 0.2) is 42.6 Å². The summed E-state index contributed by atoms with van der Waals surface area (Å²) in [5.74, 6) is 0.934. The van der Waals surface area contributed by atoms with E-state index in [9.17, 15) is 4.79 Å². The van der Waals surface area contributed by atoms with Gasteiger partial charge in [0.15, 0.2) is 17.7 Å². The molecule has 2 heterocycles. The molecule has 1 amide bonds. The zero-order valence-electron chi connectivity index (χ0n) is 9.88. The lowest BCUT2D eigenvalue weighted by molar-refractivity contribution is -0.122. The van der Waals surface area contributed by atoms with Crippen molar-refractivity contribution in [2.75, 3.05) is 5.32 Å². The summed E-state index contributed by atoms with van der Waals surface area (Å²) in [6.45, 7) is 1.72. The molecule has 1 aliphatic heterocycles. The van der Waals surface area contributed by atoms with Gasteiger partial charge in [0.05, 0.1) is 0 Å². The number of hydrogen-bond donors (Lipinski definition) is 1. The molecule has 0 aliphatic carbocycles. The fourth-order valence-electron chi connectivity index (χ4n) is 1.88. The first-order chi connectivity index (χ1) is 8.74. The molecule has 1 aliphatic rings. The van der Waals surface area contributed by atoms with E-state index in [0.717, 1.165) is 11.1 Å². The summed E-state index contributed by atoms with van der Waals surface area (Å²) in [5, 5.41) is 2.71. The van der Waals surface area contributed by atoms with E-state index in [1.807, 2.05) is 36.4 Å². The molecule has 4 nitrogen and oxygen atoms in total. The predicted molar refractivity (Wildman–Crippen MR) is 68.4 cm³/mol. The predicted octanol–water partition coefficient (Wildman–Crippen LogP) is 2.47. The molecule has 0 radical (unpaired) electrons. The minimum atomic E-state index is -0.481. The lowest BCUT2D eigenvalue weighted by Crippen LogP contribution is -2.34. The Morgan fingerprint density at radius 3 is 2.78 bits per heavy atom. The molecular weight excluding hydrogens is 228 g/mol. The van der Waals surface area contributed by atoms with E-state index < -0.39 is 6.10 Å². The third kappa shape index (κ3) is 1.82. The molecule has 0 saturated heterocycles. The second-order valence-corrected chi connectivity index (χ2v) is 4.19. The summed E-state index contributed by atoms with van der Waals surface area (Å²) < 4.78 is 5.53. The number of nitrogens with one attached hydrogen (secondary N) is 1. The van der Waals surface area contributed by atoms with E-state index in [4.69, 9.17) is 4.74 Å². The Bertz CT molecular complexity index is 596. The monoisotopic (exact) mass is 240 g/mol. The smallest absolute Gasteiger partial charge is 0.266 e. The van der Waals surface area contributed by atoms with Gasteiger partial charge in [0.2, 0.25) is 0 Å².